The molecular weight excluding hydrogens is 256 g/mol. The van der Waals surface area contributed by atoms with E-state index in [2.05, 4.69) is 17.9 Å². The summed E-state index contributed by atoms with van der Waals surface area (Å²) in [7, 11) is 0. The maximum atomic E-state index is 10.6. The summed E-state index contributed by atoms with van der Waals surface area (Å²) < 4.78 is 9.48. The van der Waals surface area contributed by atoms with Gasteiger partial charge >= 0.3 is 11.9 Å². The van der Waals surface area contributed by atoms with Gasteiger partial charge in [-0.05, 0) is 18.6 Å². The molecule has 0 saturated heterocycles. The first kappa shape index (κ1) is 17.6. The Morgan fingerprint density at radius 3 is 2.20 bits per heavy atom. The van der Waals surface area contributed by atoms with Gasteiger partial charge in [-0.1, -0.05) is 44.7 Å². The smallest absolute Gasteiger partial charge is 0.335 e. The molecule has 0 saturated carbocycles. The van der Waals surface area contributed by atoms with Crippen molar-refractivity contribution in [2.24, 2.45) is 0 Å². The molecule has 0 aliphatic carbocycles. The quantitative estimate of drug-likeness (QED) is 0.346. The Balaban J connectivity index is 0.000000370. The second-order valence-corrected chi connectivity index (χ2v) is 3.66. The molecule has 1 rings (SSSR count). The largest absolute Gasteiger partial charge is 0.463 e. The summed E-state index contributed by atoms with van der Waals surface area (Å²) in [4.78, 5) is 21.0. The maximum absolute atomic E-state index is 10.6. The molecule has 0 fully saturated rings. The van der Waals surface area contributed by atoms with E-state index in [1.54, 1.807) is 24.3 Å². The molecule has 4 nitrogen and oxygen atoms in total. The van der Waals surface area contributed by atoms with Crippen LogP contribution in [0.1, 0.15) is 19.8 Å². The fourth-order valence-electron chi connectivity index (χ4n) is 1.02. The number of carbonyl (C=O) groups is 2. The van der Waals surface area contributed by atoms with Crippen molar-refractivity contribution in [2.45, 2.75) is 19.8 Å². The molecule has 0 unspecified atom stereocenters. The van der Waals surface area contributed by atoms with E-state index in [0.29, 0.717) is 12.4 Å². The molecular formula is C16H20O4. The lowest BCUT2D eigenvalue weighted by Gasteiger charge is -1.98. The molecule has 0 heterocycles. The highest BCUT2D eigenvalue weighted by molar-refractivity contribution is 5.83. The lowest BCUT2D eigenvalue weighted by Crippen LogP contribution is -2.02. The van der Waals surface area contributed by atoms with E-state index >= 15 is 0 Å². The van der Waals surface area contributed by atoms with E-state index in [1.165, 1.54) is 6.08 Å². The van der Waals surface area contributed by atoms with Crippen molar-refractivity contribution in [2.75, 3.05) is 6.61 Å². The third-order valence-corrected chi connectivity index (χ3v) is 2.04. The first-order valence-electron chi connectivity index (χ1n) is 6.32. The monoisotopic (exact) mass is 276 g/mol. The first-order chi connectivity index (χ1) is 9.63. The summed E-state index contributed by atoms with van der Waals surface area (Å²) in [6.45, 7) is 9.11. The van der Waals surface area contributed by atoms with Crippen LogP contribution in [-0.2, 0) is 14.3 Å². The van der Waals surface area contributed by atoms with Crippen molar-refractivity contribution in [1.29, 1.82) is 0 Å². The lowest BCUT2D eigenvalue weighted by atomic mass is 10.3. The molecule has 108 valence electrons. The van der Waals surface area contributed by atoms with Crippen molar-refractivity contribution in [1.82, 2.24) is 0 Å². The molecule has 0 amide bonds. The molecule has 0 atom stereocenters. The number of benzene rings is 1. The molecule has 0 aromatic heterocycles. The number of unbranched alkanes of at least 4 members (excludes halogenated alkanes) is 1. The van der Waals surface area contributed by atoms with Crippen LogP contribution in [0.15, 0.2) is 55.6 Å². The van der Waals surface area contributed by atoms with Crippen LogP contribution in [0.4, 0.5) is 0 Å². The second kappa shape index (κ2) is 11.7. The Kier molecular flexibility index (Phi) is 10.3. The zero-order valence-electron chi connectivity index (χ0n) is 11.7. The summed E-state index contributed by atoms with van der Waals surface area (Å²) >= 11 is 0. The SMILES string of the molecule is C=CC(=O)OCCCC.C=CC(=O)Oc1ccccc1. The van der Waals surface area contributed by atoms with Crippen LogP contribution in [0.25, 0.3) is 0 Å². The highest BCUT2D eigenvalue weighted by Gasteiger charge is 1.95. The van der Waals surface area contributed by atoms with Gasteiger partial charge in [0.15, 0.2) is 0 Å². The molecule has 0 aliphatic rings. The Hall–Kier alpha value is -2.36. The molecule has 1 aromatic carbocycles. The van der Waals surface area contributed by atoms with E-state index in [1.807, 2.05) is 13.0 Å². The Bertz CT molecular complexity index is 423. The van der Waals surface area contributed by atoms with Crippen molar-refractivity contribution in [3.8, 4) is 5.75 Å². The molecule has 20 heavy (non-hydrogen) atoms. The number of esters is 2. The Morgan fingerprint density at radius 2 is 1.70 bits per heavy atom. The number of ether oxygens (including phenoxy) is 2. The minimum absolute atomic E-state index is 0.330. The predicted molar refractivity (Wildman–Crippen MR) is 78.3 cm³/mol. The van der Waals surface area contributed by atoms with E-state index in [4.69, 9.17) is 4.74 Å². The normalized spacial score (nSPS) is 8.65. The van der Waals surface area contributed by atoms with E-state index in [-0.39, 0.29) is 5.97 Å². The van der Waals surface area contributed by atoms with Crippen molar-refractivity contribution in [3.05, 3.63) is 55.6 Å². The summed E-state index contributed by atoms with van der Waals surface area (Å²) in [6.07, 6.45) is 4.28. The van der Waals surface area contributed by atoms with Gasteiger partial charge in [0.05, 0.1) is 6.61 Å². The molecule has 4 heteroatoms. The summed E-state index contributed by atoms with van der Waals surface area (Å²) in [5.74, 6) is -0.225. The second-order valence-electron chi connectivity index (χ2n) is 3.66. The van der Waals surface area contributed by atoms with Crippen LogP contribution in [0, 0.1) is 0 Å². The van der Waals surface area contributed by atoms with Crippen LogP contribution in [0.3, 0.4) is 0 Å². The zero-order valence-corrected chi connectivity index (χ0v) is 11.7. The van der Waals surface area contributed by atoms with Gasteiger partial charge in [-0.2, -0.15) is 0 Å². The lowest BCUT2D eigenvalue weighted by molar-refractivity contribution is -0.137. The standard InChI is InChI=1S/C9H8O2.C7H12O2/c1-2-9(10)11-8-6-4-3-5-7-8;1-3-5-6-9-7(8)4-2/h2-7H,1H2;4H,2-3,5-6H2,1H3. The molecule has 1 aromatic rings. The Labute approximate surface area is 119 Å². The third-order valence-electron chi connectivity index (χ3n) is 2.04. The van der Waals surface area contributed by atoms with Gasteiger partial charge in [-0.25, -0.2) is 9.59 Å². The van der Waals surface area contributed by atoms with Gasteiger partial charge in [-0.15, -0.1) is 0 Å². The average molecular weight is 276 g/mol. The molecule has 0 bridgehead atoms. The van der Waals surface area contributed by atoms with Crippen LogP contribution in [0.2, 0.25) is 0 Å². The fourth-order valence-corrected chi connectivity index (χ4v) is 1.02. The molecule has 0 aliphatic heterocycles. The average Bonchev–Trinajstić information content (AvgIpc) is 2.49. The van der Waals surface area contributed by atoms with Gasteiger partial charge in [-0.3, -0.25) is 0 Å². The topological polar surface area (TPSA) is 52.6 Å². The van der Waals surface area contributed by atoms with Gasteiger partial charge in [0.2, 0.25) is 0 Å². The van der Waals surface area contributed by atoms with Crippen LogP contribution in [-0.4, -0.2) is 18.5 Å². The number of carbonyl (C=O) groups excluding carboxylic acids is 2. The summed E-state index contributed by atoms with van der Waals surface area (Å²) in [5.41, 5.74) is 0. The first-order valence-corrected chi connectivity index (χ1v) is 6.32. The fraction of sp³-hybridized carbons (Fsp3) is 0.250. The van der Waals surface area contributed by atoms with Crippen molar-refractivity contribution in [3.63, 3.8) is 0 Å². The summed E-state index contributed by atoms with van der Waals surface area (Å²) in [6, 6.07) is 8.87. The predicted octanol–water partition coefficient (Wildman–Crippen LogP) is 3.29. The van der Waals surface area contributed by atoms with Gasteiger partial charge < -0.3 is 9.47 Å². The Morgan fingerprint density at radius 1 is 1.10 bits per heavy atom. The van der Waals surface area contributed by atoms with Gasteiger partial charge in [0.25, 0.3) is 0 Å². The number of hydrogen-bond acceptors (Lipinski definition) is 4. The molecule has 0 N–H and O–H groups in total. The van der Waals surface area contributed by atoms with Gasteiger partial charge in [0.1, 0.15) is 5.75 Å². The highest BCUT2D eigenvalue weighted by Crippen LogP contribution is 2.07. The minimum Gasteiger partial charge on any atom is -0.463 e. The molecule has 0 spiro atoms. The number of rotatable bonds is 6. The minimum atomic E-state index is -0.434. The van der Waals surface area contributed by atoms with Crippen LogP contribution >= 0.6 is 0 Å². The summed E-state index contributed by atoms with van der Waals surface area (Å²) in [5, 5.41) is 0. The highest BCUT2D eigenvalue weighted by atomic mass is 16.5. The molecule has 0 radical (unpaired) electrons. The van der Waals surface area contributed by atoms with Crippen molar-refractivity contribution < 1.29 is 19.1 Å². The van der Waals surface area contributed by atoms with Crippen LogP contribution in [0.5, 0.6) is 5.75 Å². The number of hydrogen-bond donors (Lipinski definition) is 0. The third kappa shape index (κ3) is 9.65. The van der Waals surface area contributed by atoms with Gasteiger partial charge in [0, 0.05) is 12.2 Å². The van der Waals surface area contributed by atoms with E-state index in [0.717, 1.165) is 18.9 Å². The van der Waals surface area contributed by atoms with Crippen LogP contribution < -0.4 is 4.74 Å². The zero-order chi connectivity index (χ0) is 15.2. The van der Waals surface area contributed by atoms with E-state index < -0.39 is 5.97 Å². The van der Waals surface area contributed by atoms with E-state index in [9.17, 15) is 9.59 Å². The maximum Gasteiger partial charge on any atom is 0.335 e. The van der Waals surface area contributed by atoms with Crippen molar-refractivity contribution >= 4 is 11.9 Å². The number of para-hydroxylation sites is 1.